The van der Waals surface area contributed by atoms with Crippen LogP contribution in [0.25, 0.3) is 0 Å². The Labute approximate surface area is 109 Å². The molecule has 0 heterocycles. The fourth-order valence-electron chi connectivity index (χ4n) is 3.35. The zero-order valence-electron chi connectivity index (χ0n) is 11.4. The summed E-state index contributed by atoms with van der Waals surface area (Å²) < 4.78 is 4.84. The first kappa shape index (κ1) is 13.2. The highest BCUT2D eigenvalue weighted by Gasteiger charge is 2.45. The van der Waals surface area contributed by atoms with Crippen LogP contribution in [-0.4, -0.2) is 13.1 Å². The number of hydrogen-bond donors (Lipinski definition) is 1. The lowest BCUT2D eigenvalue weighted by Gasteiger charge is -2.29. The number of methoxy groups -OCH3 is 1. The predicted molar refractivity (Wildman–Crippen MR) is 71.7 cm³/mol. The molecule has 0 aromatic heterocycles. The average Bonchev–Trinajstić information content (AvgIpc) is 2.96. The molecule has 3 nitrogen and oxygen atoms in total. The van der Waals surface area contributed by atoms with E-state index in [0.29, 0.717) is 5.57 Å². The smallest absolute Gasteiger partial charge is 0.339 e. The third-order valence-corrected chi connectivity index (χ3v) is 4.40. The molecule has 2 N–H and O–H groups in total. The number of esters is 1. The Kier molecular flexibility index (Phi) is 3.79. The minimum absolute atomic E-state index is 0.0152. The van der Waals surface area contributed by atoms with Crippen molar-refractivity contribution in [2.24, 2.45) is 11.1 Å². The van der Waals surface area contributed by atoms with Gasteiger partial charge in [0.2, 0.25) is 0 Å². The molecule has 0 saturated heterocycles. The lowest BCUT2D eigenvalue weighted by Crippen LogP contribution is -2.26. The van der Waals surface area contributed by atoms with E-state index in [9.17, 15) is 4.79 Å². The van der Waals surface area contributed by atoms with Gasteiger partial charge in [-0.15, -0.1) is 0 Å². The van der Waals surface area contributed by atoms with Gasteiger partial charge in [0.15, 0.2) is 0 Å². The van der Waals surface area contributed by atoms with E-state index in [1.165, 1.54) is 31.9 Å². The van der Waals surface area contributed by atoms with Crippen molar-refractivity contribution in [1.82, 2.24) is 0 Å². The van der Waals surface area contributed by atoms with Gasteiger partial charge in [0.05, 0.1) is 12.7 Å². The van der Waals surface area contributed by atoms with E-state index in [1.807, 2.05) is 6.08 Å². The van der Waals surface area contributed by atoms with Crippen molar-refractivity contribution in [3.05, 3.63) is 22.9 Å². The Morgan fingerprint density at radius 3 is 2.67 bits per heavy atom. The van der Waals surface area contributed by atoms with Gasteiger partial charge in [0.1, 0.15) is 0 Å². The highest BCUT2D eigenvalue weighted by atomic mass is 16.5. The van der Waals surface area contributed by atoms with Crippen molar-refractivity contribution in [1.29, 1.82) is 0 Å². The predicted octanol–water partition coefficient (Wildman–Crippen LogP) is 3.06. The third-order valence-electron chi connectivity index (χ3n) is 4.40. The molecule has 0 aliphatic heterocycles. The van der Waals surface area contributed by atoms with Gasteiger partial charge in [-0.05, 0) is 31.8 Å². The minimum atomic E-state index is -0.287. The van der Waals surface area contributed by atoms with Crippen molar-refractivity contribution in [3.63, 3.8) is 0 Å². The maximum atomic E-state index is 11.8. The fraction of sp³-hybridized carbons (Fsp3) is 0.667. The average molecular weight is 249 g/mol. The SMILES string of the molecule is CCCCC1=CC(C(=O)OC)=C(N)C12CCCC2. The van der Waals surface area contributed by atoms with Crippen molar-refractivity contribution in [2.45, 2.75) is 51.9 Å². The first-order chi connectivity index (χ1) is 8.65. The van der Waals surface area contributed by atoms with Crippen molar-refractivity contribution in [2.75, 3.05) is 7.11 Å². The maximum Gasteiger partial charge on any atom is 0.339 e. The normalized spacial score (nSPS) is 21.6. The molecule has 3 heteroatoms. The van der Waals surface area contributed by atoms with Crippen LogP contribution >= 0.6 is 0 Å². The molecule has 1 saturated carbocycles. The highest BCUT2D eigenvalue weighted by Crippen LogP contribution is 2.54. The van der Waals surface area contributed by atoms with E-state index in [2.05, 4.69) is 6.92 Å². The molecular formula is C15H23NO2. The number of hydrogen-bond acceptors (Lipinski definition) is 3. The molecule has 100 valence electrons. The third kappa shape index (κ3) is 1.96. The molecule has 0 amide bonds. The van der Waals surface area contributed by atoms with Gasteiger partial charge in [0.25, 0.3) is 0 Å². The van der Waals surface area contributed by atoms with Crippen LogP contribution in [0.4, 0.5) is 0 Å². The first-order valence-electron chi connectivity index (χ1n) is 6.95. The largest absolute Gasteiger partial charge is 0.465 e. The van der Waals surface area contributed by atoms with Crippen molar-refractivity contribution in [3.8, 4) is 0 Å². The van der Waals surface area contributed by atoms with Crippen LogP contribution in [0.15, 0.2) is 22.9 Å². The minimum Gasteiger partial charge on any atom is -0.465 e. The molecule has 0 radical (unpaired) electrons. The number of ether oxygens (including phenoxy) is 1. The maximum absolute atomic E-state index is 11.8. The van der Waals surface area contributed by atoms with E-state index in [1.54, 1.807) is 0 Å². The second-order valence-corrected chi connectivity index (χ2v) is 5.38. The van der Waals surface area contributed by atoms with Crippen LogP contribution in [0.3, 0.4) is 0 Å². The first-order valence-corrected chi connectivity index (χ1v) is 6.95. The Hall–Kier alpha value is -1.25. The van der Waals surface area contributed by atoms with Crippen LogP contribution in [0.1, 0.15) is 51.9 Å². The second kappa shape index (κ2) is 5.17. The number of nitrogens with two attached hydrogens (primary N) is 1. The lowest BCUT2D eigenvalue weighted by molar-refractivity contribution is -0.135. The van der Waals surface area contributed by atoms with E-state index in [4.69, 9.17) is 10.5 Å². The number of unbranched alkanes of at least 4 members (excludes halogenated alkanes) is 1. The molecular weight excluding hydrogens is 226 g/mol. The number of allylic oxidation sites excluding steroid dienone is 1. The van der Waals surface area contributed by atoms with Gasteiger partial charge in [0, 0.05) is 11.1 Å². The molecule has 0 unspecified atom stereocenters. The summed E-state index contributed by atoms with van der Waals surface area (Å²) in [6.07, 6.45) is 9.98. The summed E-state index contributed by atoms with van der Waals surface area (Å²) in [5, 5.41) is 0. The second-order valence-electron chi connectivity index (χ2n) is 5.38. The number of carbonyl (C=O) groups is 1. The molecule has 0 aromatic rings. The van der Waals surface area contributed by atoms with Gasteiger partial charge in [-0.25, -0.2) is 4.79 Å². The zero-order chi connectivity index (χ0) is 13.2. The molecule has 0 atom stereocenters. The van der Waals surface area contributed by atoms with Gasteiger partial charge >= 0.3 is 5.97 Å². The molecule has 0 aromatic carbocycles. The molecule has 18 heavy (non-hydrogen) atoms. The quantitative estimate of drug-likeness (QED) is 0.779. The van der Waals surface area contributed by atoms with Crippen LogP contribution < -0.4 is 5.73 Å². The summed E-state index contributed by atoms with van der Waals surface area (Å²) >= 11 is 0. The van der Waals surface area contributed by atoms with Crippen LogP contribution in [0, 0.1) is 5.41 Å². The van der Waals surface area contributed by atoms with Crippen LogP contribution in [0.5, 0.6) is 0 Å². The highest BCUT2D eigenvalue weighted by molar-refractivity contribution is 5.94. The molecule has 0 bridgehead atoms. The molecule has 1 fully saturated rings. The summed E-state index contributed by atoms with van der Waals surface area (Å²) in [7, 11) is 1.42. The Morgan fingerprint density at radius 2 is 2.11 bits per heavy atom. The Balaban J connectivity index is 2.32. The monoisotopic (exact) mass is 249 g/mol. The van der Waals surface area contributed by atoms with E-state index < -0.39 is 0 Å². The fourth-order valence-corrected chi connectivity index (χ4v) is 3.35. The van der Waals surface area contributed by atoms with Crippen molar-refractivity contribution < 1.29 is 9.53 Å². The molecule has 2 rings (SSSR count). The van der Waals surface area contributed by atoms with Gasteiger partial charge < -0.3 is 10.5 Å². The van der Waals surface area contributed by atoms with Gasteiger partial charge in [-0.3, -0.25) is 0 Å². The molecule has 1 spiro atoms. The van der Waals surface area contributed by atoms with Gasteiger partial charge in [-0.1, -0.05) is 31.8 Å². The Morgan fingerprint density at radius 1 is 1.44 bits per heavy atom. The summed E-state index contributed by atoms with van der Waals surface area (Å²) in [5.74, 6) is -0.287. The van der Waals surface area contributed by atoms with E-state index in [-0.39, 0.29) is 11.4 Å². The number of carbonyl (C=O) groups excluding carboxylic acids is 1. The van der Waals surface area contributed by atoms with Crippen LogP contribution in [0.2, 0.25) is 0 Å². The molecule has 2 aliphatic rings. The number of rotatable bonds is 4. The summed E-state index contributed by atoms with van der Waals surface area (Å²) in [6, 6.07) is 0. The van der Waals surface area contributed by atoms with Crippen molar-refractivity contribution >= 4 is 5.97 Å². The lowest BCUT2D eigenvalue weighted by atomic mass is 9.76. The summed E-state index contributed by atoms with van der Waals surface area (Å²) in [4.78, 5) is 11.8. The summed E-state index contributed by atoms with van der Waals surface area (Å²) in [6.45, 7) is 2.19. The Bertz CT molecular complexity index is 401. The van der Waals surface area contributed by atoms with E-state index in [0.717, 1.165) is 31.4 Å². The zero-order valence-corrected chi connectivity index (χ0v) is 11.4. The van der Waals surface area contributed by atoms with Crippen LogP contribution in [-0.2, 0) is 9.53 Å². The van der Waals surface area contributed by atoms with E-state index >= 15 is 0 Å². The molecule has 2 aliphatic carbocycles. The topological polar surface area (TPSA) is 52.3 Å². The standard InChI is InChI=1S/C15H23NO2/c1-3-4-7-11-10-12(14(17)18-2)13(16)15(11)8-5-6-9-15/h10H,3-9,16H2,1-2H3. The van der Waals surface area contributed by atoms with Gasteiger partial charge in [-0.2, -0.15) is 0 Å². The summed E-state index contributed by atoms with van der Waals surface area (Å²) in [5.41, 5.74) is 8.99.